The van der Waals surface area contributed by atoms with Crippen LogP contribution in [-0.4, -0.2) is 66.3 Å². The van der Waals surface area contributed by atoms with Crippen LogP contribution in [0.25, 0.3) is 0 Å². The Labute approximate surface area is 113 Å². The van der Waals surface area contributed by atoms with E-state index in [4.69, 9.17) is 13.3 Å². The van der Waals surface area contributed by atoms with Crippen LogP contribution in [-0.2, 0) is 13.3 Å². The molecule has 0 amide bonds. The second-order valence-electron chi connectivity index (χ2n) is 4.41. The summed E-state index contributed by atoms with van der Waals surface area (Å²) in [6, 6.07) is 0.899. The van der Waals surface area contributed by atoms with Gasteiger partial charge in [0.1, 0.15) is 0 Å². The Bertz CT molecular complexity index is 160. The summed E-state index contributed by atoms with van der Waals surface area (Å²) in [4.78, 5) is 0. The maximum atomic E-state index is 5.44. The Morgan fingerprint density at radius 3 is 1.50 bits per heavy atom. The molecule has 0 bridgehead atoms. The SMILES string of the molecule is CC[N+](CC)(CC)CCC[Si](OC)(OC)OC.[OH-]. The van der Waals surface area contributed by atoms with E-state index in [0.29, 0.717) is 0 Å². The first-order valence-corrected chi connectivity index (χ1v) is 8.51. The van der Waals surface area contributed by atoms with Crippen LogP contribution in [0.3, 0.4) is 0 Å². The lowest BCUT2D eigenvalue weighted by Crippen LogP contribution is -2.49. The molecule has 0 unspecified atom stereocenters. The van der Waals surface area contributed by atoms with Crippen LogP contribution >= 0.6 is 0 Å². The fraction of sp³-hybridized carbons (Fsp3) is 1.00. The molecule has 6 heteroatoms. The first-order chi connectivity index (χ1) is 8.07. The molecule has 0 aromatic rings. The van der Waals surface area contributed by atoms with Crippen molar-refractivity contribution in [1.82, 2.24) is 0 Å². The number of hydrogen-bond acceptors (Lipinski definition) is 4. The van der Waals surface area contributed by atoms with Crippen molar-refractivity contribution in [3.8, 4) is 0 Å². The van der Waals surface area contributed by atoms with Gasteiger partial charge in [0.2, 0.25) is 0 Å². The van der Waals surface area contributed by atoms with Gasteiger partial charge in [0.05, 0.1) is 26.2 Å². The van der Waals surface area contributed by atoms with Gasteiger partial charge in [0, 0.05) is 33.8 Å². The fourth-order valence-corrected chi connectivity index (χ4v) is 4.04. The predicted molar refractivity (Wildman–Crippen MR) is 74.9 cm³/mol. The summed E-state index contributed by atoms with van der Waals surface area (Å²) in [5, 5.41) is 0. The van der Waals surface area contributed by atoms with Gasteiger partial charge in [-0.3, -0.25) is 0 Å². The van der Waals surface area contributed by atoms with Crippen molar-refractivity contribution in [2.75, 3.05) is 47.5 Å². The maximum absolute atomic E-state index is 5.44. The fourth-order valence-electron chi connectivity index (χ4n) is 2.33. The summed E-state index contributed by atoms with van der Waals surface area (Å²) in [6.45, 7) is 11.5. The standard InChI is InChI=1S/C12H30NO3Si.H2O/c1-7-13(8-2,9-3)11-10-12-17(14-4,15-5)16-6;/h7-12H2,1-6H3;1H2/q+1;/p-1. The van der Waals surface area contributed by atoms with Crippen LogP contribution in [0.1, 0.15) is 27.2 Å². The van der Waals surface area contributed by atoms with Gasteiger partial charge in [0.15, 0.2) is 0 Å². The topological polar surface area (TPSA) is 57.7 Å². The van der Waals surface area contributed by atoms with E-state index in [1.807, 2.05) is 0 Å². The molecular weight excluding hydrogens is 250 g/mol. The Morgan fingerprint density at radius 2 is 1.22 bits per heavy atom. The van der Waals surface area contributed by atoms with E-state index >= 15 is 0 Å². The Balaban J connectivity index is 0. The van der Waals surface area contributed by atoms with Crippen LogP contribution in [0.5, 0.6) is 0 Å². The third-order valence-electron chi connectivity index (χ3n) is 4.06. The number of rotatable bonds is 10. The van der Waals surface area contributed by atoms with E-state index in [2.05, 4.69) is 20.8 Å². The highest BCUT2D eigenvalue weighted by atomic mass is 28.4. The van der Waals surface area contributed by atoms with Gasteiger partial charge >= 0.3 is 8.80 Å². The Morgan fingerprint density at radius 1 is 0.833 bits per heavy atom. The summed E-state index contributed by atoms with van der Waals surface area (Å²) < 4.78 is 17.5. The van der Waals surface area contributed by atoms with Gasteiger partial charge in [-0.05, 0) is 20.8 Å². The van der Waals surface area contributed by atoms with E-state index in [1.165, 1.54) is 30.7 Å². The lowest BCUT2D eigenvalue weighted by molar-refractivity contribution is -0.923. The lowest BCUT2D eigenvalue weighted by Gasteiger charge is -2.36. The second-order valence-corrected chi connectivity index (χ2v) is 7.50. The van der Waals surface area contributed by atoms with E-state index in [1.54, 1.807) is 21.3 Å². The smallest absolute Gasteiger partial charge is 0.500 e. The van der Waals surface area contributed by atoms with Crippen LogP contribution in [0.2, 0.25) is 6.04 Å². The second kappa shape index (κ2) is 9.88. The normalized spacial score (nSPS) is 12.3. The van der Waals surface area contributed by atoms with Gasteiger partial charge in [0.25, 0.3) is 0 Å². The minimum absolute atomic E-state index is 0. The molecule has 0 aromatic carbocycles. The van der Waals surface area contributed by atoms with Gasteiger partial charge in [-0.1, -0.05) is 0 Å². The highest BCUT2D eigenvalue weighted by molar-refractivity contribution is 6.60. The third kappa shape index (κ3) is 5.34. The number of hydrogen-bond donors (Lipinski definition) is 0. The molecule has 1 N–H and O–H groups in total. The van der Waals surface area contributed by atoms with Crippen molar-refractivity contribution in [3.63, 3.8) is 0 Å². The first kappa shape index (κ1) is 20.3. The molecule has 0 radical (unpaired) electrons. The van der Waals surface area contributed by atoms with Crippen LogP contribution in [0.4, 0.5) is 0 Å². The molecule has 0 aromatic heterocycles. The zero-order valence-electron chi connectivity index (χ0n) is 12.9. The predicted octanol–water partition coefficient (Wildman–Crippen LogP) is 1.95. The van der Waals surface area contributed by atoms with Crippen molar-refractivity contribution >= 4 is 8.80 Å². The van der Waals surface area contributed by atoms with Crippen molar-refractivity contribution in [2.24, 2.45) is 0 Å². The molecule has 0 saturated carbocycles. The lowest BCUT2D eigenvalue weighted by atomic mass is 10.3. The largest absolute Gasteiger partial charge is 0.870 e. The zero-order valence-corrected chi connectivity index (χ0v) is 13.9. The monoisotopic (exact) mass is 281 g/mol. The Hall–Kier alpha value is 0.0169. The molecule has 0 aliphatic heterocycles. The number of quaternary nitrogens is 1. The zero-order chi connectivity index (χ0) is 13.4. The van der Waals surface area contributed by atoms with Crippen molar-refractivity contribution < 1.29 is 23.2 Å². The quantitative estimate of drug-likeness (QED) is 0.454. The molecule has 112 valence electrons. The van der Waals surface area contributed by atoms with Crippen molar-refractivity contribution in [2.45, 2.75) is 33.2 Å². The van der Waals surface area contributed by atoms with E-state index in [9.17, 15) is 0 Å². The minimum atomic E-state index is -2.37. The van der Waals surface area contributed by atoms with Gasteiger partial charge in [-0.2, -0.15) is 0 Å². The summed E-state index contributed by atoms with van der Waals surface area (Å²) in [5.41, 5.74) is 0. The van der Waals surface area contributed by atoms with Crippen molar-refractivity contribution in [1.29, 1.82) is 0 Å². The van der Waals surface area contributed by atoms with Crippen LogP contribution < -0.4 is 0 Å². The molecule has 0 fully saturated rings. The Kier molecular flexibility index (Phi) is 11.2. The third-order valence-corrected chi connectivity index (χ3v) is 6.89. The molecule has 5 nitrogen and oxygen atoms in total. The maximum Gasteiger partial charge on any atom is 0.500 e. The summed E-state index contributed by atoms with van der Waals surface area (Å²) in [7, 11) is 2.68. The first-order valence-electron chi connectivity index (χ1n) is 6.58. The van der Waals surface area contributed by atoms with Crippen molar-refractivity contribution in [3.05, 3.63) is 0 Å². The molecule has 18 heavy (non-hydrogen) atoms. The van der Waals surface area contributed by atoms with E-state index in [0.717, 1.165) is 12.5 Å². The van der Waals surface area contributed by atoms with Crippen LogP contribution in [0.15, 0.2) is 0 Å². The highest BCUT2D eigenvalue weighted by Crippen LogP contribution is 2.17. The van der Waals surface area contributed by atoms with Gasteiger partial charge in [-0.15, -0.1) is 0 Å². The summed E-state index contributed by atoms with van der Waals surface area (Å²) in [6.07, 6.45) is 1.09. The van der Waals surface area contributed by atoms with Gasteiger partial charge < -0.3 is 23.2 Å². The minimum Gasteiger partial charge on any atom is -0.870 e. The molecule has 0 rings (SSSR count). The van der Waals surface area contributed by atoms with E-state index in [-0.39, 0.29) is 5.48 Å². The summed E-state index contributed by atoms with van der Waals surface area (Å²) in [5.74, 6) is 0. The molecule has 0 aliphatic rings. The highest BCUT2D eigenvalue weighted by Gasteiger charge is 2.38. The molecule has 0 heterocycles. The molecule has 0 atom stereocenters. The molecule has 0 spiro atoms. The number of nitrogens with zero attached hydrogens (tertiary/aromatic N) is 1. The van der Waals surface area contributed by atoms with Crippen LogP contribution in [0, 0.1) is 0 Å². The molecule has 0 aliphatic carbocycles. The molecular formula is C12H31NO4Si. The average Bonchev–Trinajstić information content (AvgIpc) is 2.41. The summed E-state index contributed by atoms with van der Waals surface area (Å²) >= 11 is 0. The van der Waals surface area contributed by atoms with E-state index < -0.39 is 8.80 Å². The average molecular weight is 281 g/mol. The molecule has 0 saturated heterocycles. The van der Waals surface area contributed by atoms with Gasteiger partial charge in [-0.25, -0.2) is 0 Å².